The van der Waals surface area contributed by atoms with Crippen LogP contribution in [0.4, 0.5) is 0 Å². The minimum Gasteiger partial charge on any atom is -0.465 e. The lowest BCUT2D eigenvalue weighted by Crippen LogP contribution is -2.10. The Kier molecular flexibility index (Phi) is 4.58. The van der Waals surface area contributed by atoms with Gasteiger partial charge in [0.2, 0.25) is 0 Å². The summed E-state index contributed by atoms with van der Waals surface area (Å²) in [7, 11) is 3.37. The summed E-state index contributed by atoms with van der Waals surface area (Å²) < 4.78 is 4.86. The number of fused-ring (bicyclic) bond motifs is 1. The van der Waals surface area contributed by atoms with Crippen LogP contribution < -0.4 is 5.32 Å². The molecule has 3 rings (SSSR count). The number of ether oxygens (including phenoxy) is 1. The summed E-state index contributed by atoms with van der Waals surface area (Å²) in [6.45, 7) is 0.819. The van der Waals surface area contributed by atoms with Crippen molar-refractivity contribution in [1.82, 2.24) is 5.32 Å². The molecular weight excluding hydrogens is 286 g/mol. The zero-order valence-corrected chi connectivity index (χ0v) is 13.6. The molecule has 2 aromatic rings. The van der Waals surface area contributed by atoms with Crippen LogP contribution in [0.2, 0.25) is 0 Å². The molecular formula is C20H21NO2. The third-order valence-corrected chi connectivity index (χ3v) is 4.26. The maximum Gasteiger partial charge on any atom is 0.337 e. The summed E-state index contributed by atoms with van der Waals surface area (Å²) in [6.07, 6.45) is 4.31. The van der Waals surface area contributed by atoms with E-state index in [1.165, 1.54) is 29.4 Å². The van der Waals surface area contributed by atoms with Crippen molar-refractivity contribution in [3.05, 3.63) is 76.4 Å². The van der Waals surface area contributed by atoms with Crippen LogP contribution in [0.3, 0.4) is 0 Å². The van der Waals surface area contributed by atoms with Gasteiger partial charge in [-0.1, -0.05) is 36.4 Å². The Morgan fingerprint density at radius 3 is 2.78 bits per heavy atom. The molecule has 2 aromatic carbocycles. The van der Waals surface area contributed by atoms with E-state index in [9.17, 15) is 4.79 Å². The molecule has 23 heavy (non-hydrogen) atoms. The summed E-state index contributed by atoms with van der Waals surface area (Å²) in [4.78, 5) is 11.9. The van der Waals surface area contributed by atoms with Crippen LogP contribution in [0.15, 0.2) is 48.5 Å². The van der Waals surface area contributed by atoms with E-state index in [1.54, 1.807) is 0 Å². The number of esters is 1. The molecule has 0 bridgehead atoms. The molecule has 0 radical (unpaired) electrons. The summed E-state index contributed by atoms with van der Waals surface area (Å²) in [5.74, 6) is -0.291. The van der Waals surface area contributed by atoms with E-state index < -0.39 is 0 Å². The first-order valence-corrected chi connectivity index (χ1v) is 7.89. The molecule has 0 spiro atoms. The minimum atomic E-state index is -0.291. The van der Waals surface area contributed by atoms with E-state index in [-0.39, 0.29) is 5.97 Å². The number of methoxy groups -OCH3 is 1. The van der Waals surface area contributed by atoms with E-state index in [0.717, 1.165) is 24.9 Å². The van der Waals surface area contributed by atoms with Gasteiger partial charge in [0.15, 0.2) is 0 Å². The first-order valence-electron chi connectivity index (χ1n) is 7.89. The van der Waals surface area contributed by atoms with Gasteiger partial charge in [0.1, 0.15) is 0 Å². The van der Waals surface area contributed by atoms with Gasteiger partial charge in [0.25, 0.3) is 0 Å². The molecule has 1 N–H and O–H groups in total. The highest BCUT2D eigenvalue weighted by Gasteiger charge is 2.18. The number of carbonyl (C=O) groups is 1. The van der Waals surface area contributed by atoms with Crippen molar-refractivity contribution in [2.75, 3.05) is 14.2 Å². The van der Waals surface area contributed by atoms with Gasteiger partial charge in [-0.3, -0.25) is 0 Å². The fourth-order valence-corrected chi connectivity index (χ4v) is 3.15. The zero-order chi connectivity index (χ0) is 16.2. The minimum absolute atomic E-state index is 0.291. The Hall–Kier alpha value is -2.39. The molecule has 0 fully saturated rings. The average molecular weight is 307 g/mol. The van der Waals surface area contributed by atoms with E-state index >= 15 is 0 Å². The lowest BCUT2D eigenvalue weighted by molar-refractivity contribution is 0.0600. The van der Waals surface area contributed by atoms with Crippen LogP contribution in [0.1, 0.15) is 39.0 Å². The quantitative estimate of drug-likeness (QED) is 0.878. The van der Waals surface area contributed by atoms with Crippen LogP contribution in [0, 0.1) is 0 Å². The lowest BCUT2D eigenvalue weighted by Gasteiger charge is -2.21. The largest absolute Gasteiger partial charge is 0.465 e. The van der Waals surface area contributed by atoms with Gasteiger partial charge in [-0.15, -0.1) is 0 Å². The highest BCUT2D eigenvalue weighted by Crippen LogP contribution is 2.34. The first kappa shape index (κ1) is 15.5. The molecule has 0 saturated heterocycles. The van der Waals surface area contributed by atoms with Gasteiger partial charge in [0, 0.05) is 6.54 Å². The van der Waals surface area contributed by atoms with Crippen LogP contribution in [-0.2, 0) is 17.7 Å². The third kappa shape index (κ3) is 3.06. The van der Waals surface area contributed by atoms with Crippen molar-refractivity contribution in [2.24, 2.45) is 0 Å². The summed E-state index contributed by atoms with van der Waals surface area (Å²) in [6, 6.07) is 14.3. The van der Waals surface area contributed by atoms with Gasteiger partial charge in [0.05, 0.1) is 12.7 Å². The predicted molar refractivity (Wildman–Crippen MR) is 92.4 cm³/mol. The van der Waals surface area contributed by atoms with Gasteiger partial charge >= 0.3 is 5.97 Å². The van der Waals surface area contributed by atoms with Crippen LogP contribution >= 0.6 is 0 Å². The monoisotopic (exact) mass is 307 g/mol. The lowest BCUT2D eigenvalue weighted by atomic mass is 9.84. The maximum absolute atomic E-state index is 11.9. The Labute approximate surface area is 137 Å². The zero-order valence-electron chi connectivity index (χ0n) is 13.6. The normalized spacial score (nSPS) is 13.2. The van der Waals surface area contributed by atoms with Crippen LogP contribution in [-0.4, -0.2) is 20.1 Å². The highest BCUT2D eigenvalue weighted by atomic mass is 16.5. The number of allylic oxidation sites excluding steroid dienone is 1. The molecule has 3 nitrogen and oxygen atoms in total. The Morgan fingerprint density at radius 2 is 2.00 bits per heavy atom. The molecule has 1 aliphatic rings. The molecule has 0 aromatic heterocycles. The van der Waals surface area contributed by atoms with E-state index in [1.807, 2.05) is 19.2 Å². The Morgan fingerprint density at radius 1 is 1.17 bits per heavy atom. The number of aryl methyl sites for hydroxylation is 1. The van der Waals surface area contributed by atoms with Crippen molar-refractivity contribution in [3.8, 4) is 0 Å². The van der Waals surface area contributed by atoms with Gasteiger partial charge in [-0.05, 0) is 59.8 Å². The highest BCUT2D eigenvalue weighted by molar-refractivity contribution is 5.93. The summed E-state index contributed by atoms with van der Waals surface area (Å²) in [5, 5.41) is 3.22. The molecule has 0 unspecified atom stereocenters. The van der Waals surface area contributed by atoms with Gasteiger partial charge in [-0.25, -0.2) is 4.79 Å². The van der Waals surface area contributed by atoms with E-state index in [0.29, 0.717) is 5.56 Å². The maximum atomic E-state index is 11.9. The van der Waals surface area contributed by atoms with Crippen molar-refractivity contribution in [2.45, 2.75) is 19.4 Å². The number of nitrogens with one attached hydrogen (secondary N) is 1. The van der Waals surface area contributed by atoms with Crippen LogP contribution in [0.5, 0.6) is 0 Å². The molecule has 0 atom stereocenters. The van der Waals surface area contributed by atoms with Crippen molar-refractivity contribution in [1.29, 1.82) is 0 Å². The molecule has 0 heterocycles. The van der Waals surface area contributed by atoms with Gasteiger partial charge in [-0.2, -0.15) is 0 Å². The van der Waals surface area contributed by atoms with Gasteiger partial charge < -0.3 is 10.1 Å². The summed E-state index contributed by atoms with van der Waals surface area (Å²) in [5.41, 5.74) is 6.73. The summed E-state index contributed by atoms with van der Waals surface area (Å²) >= 11 is 0. The number of rotatable bonds is 4. The second-order valence-corrected chi connectivity index (χ2v) is 5.71. The molecule has 3 heteroatoms. The molecule has 0 amide bonds. The van der Waals surface area contributed by atoms with E-state index in [4.69, 9.17) is 4.74 Å². The number of hydrogen-bond donors (Lipinski definition) is 1. The Bertz CT molecular complexity index is 762. The average Bonchev–Trinajstić information content (AvgIpc) is 2.61. The van der Waals surface area contributed by atoms with Crippen molar-refractivity contribution < 1.29 is 9.53 Å². The molecule has 0 saturated carbocycles. The SMILES string of the molecule is CNCc1ccccc1C1=CCCc2ccc(C(=O)OC)cc21. The molecule has 0 aliphatic heterocycles. The van der Waals surface area contributed by atoms with E-state index in [2.05, 4.69) is 41.7 Å². The topological polar surface area (TPSA) is 38.3 Å². The second-order valence-electron chi connectivity index (χ2n) is 5.71. The van der Waals surface area contributed by atoms with Crippen LogP contribution in [0.25, 0.3) is 5.57 Å². The molecule has 1 aliphatic carbocycles. The van der Waals surface area contributed by atoms with Crippen molar-refractivity contribution in [3.63, 3.8) is 0 Å². The second kappa shape index (κ2) is 6.80. The number of hydrogen-bond acceptors (Lipinski definition) is 3. The smallest absolute Gasteiger partial charge is 0.337 e. The standard InChI is InChI=1S/C20H21NO2/c1-21-13-16-6-3-4-8-17(16)18-9-5-7-14-10-11-15(12-19(14)18)20(22)23-2/h3-4,6,8-12,21H,5,7,13H2,1-2H3. The Balaban J connectivity index is 2.10. The fraction of sp³-hybridized carbons (Fsp3) is 0.250. The molecule has 118 valence electrons. The third-order valence-electron chi connectivity index (χ3n) is 4.26. The number of carbonyl (C=O) groups excluding carboxylic acids is 1. The first-order chi connectivity index (χ1) is 11.2. The predicted octanol–water partition coefficient (Wildman–Crippen LogP) is 3.57. The number of benzene rings is 2. The van der Waals surface area contributed by atoms with Crippen molar-refractivity contribution >= 4 is 11.5 Å². The fourth-order valence-electron chi connectivity index (χ4n) is 3.15.